The fourth-order valence-corrected chi connectivity index (χ4v) is 2.02. The summed E-state index contributed by atoms with van der Waals surface area (Å²) in [5.74, 6) is 0.0849. The van der Waals surface area contributed by atoms with Gasteiger partial charge in [-0.2, -0.15) is 13.2 Å². The normalized spacial score (nSPS) is 17.6. The van der Waals surface area contributed by atoms with Gasteiger partial charge in [-0.1, -0.05) is 15.9 Å². The van der Waals surface area contributed by atoms with E-state index in [1.807, 2.05) is 0 Å². The minimum atomic E-state index is -4.28. The van der Waals surface area contributed by atoms with Crippen molar-refractivity contribution in [3.8, 4) is 0 Å². The van der Waals surface area contributed by atoms with Crippen LogP contribution in [0.5, 0.6) is 0 Å². The van der Waals surface area contributed by atoms with Gasteiger partial charge in [0.25, 0.3) is 0 Å². The zero-order valence-corrected chi connectivity index (χ0v) is 9.23. The molecule has 0 atom stereocenters. The number of hydrogen-bond donors (Lipinski definition) is 0. The van der Waals surface area contributed by atoms with Gasteiger partial charge in [0.1, 0.15) is 0 Å². The Kier molecular flexibility index (Phi) is 2.77. The molecule has 0 bridgehead atoms. The van der Waals surface area contributed by atoms with E-state index < -0.39 is 11.7 Å². The summed E-state index contributed by atoms with van der Waals surface area (Å²) in [6, 6.07) is 3.71. The molecule has 82 valence electrons. The third kappa shape index (κ3) is 2.18. The van der Waals surface area contributed by atoms with E-state index in [2.05, 4.69) is 15.9 Å². The Labute approximate surface area is 93.4 Å². The van der Waals surface area contributed by atoms with Crippen molar-refractivity contribution in [3.63, 3.8) is 0 Å². The smallest absolute Gasteiger partial charge is 0.380 e. The maximum Gasteiger partial charge on any atom is 0.416 e. The molecular weight excluding hydrogens is 273 g/mol. The number of benzene rings is 1. The SMILES string of the molecule is FC(F)(F)c1ccc(Br)c(C2COC2)c1. The quantitative estimate of drug-likeness (QED) is 0.764. The van der Waals surface area contributed by atoms with Crippen molar-refractivity contribution in [3.05, 3.63) is 33.8 Å². The summed E-state index contributed by atoms with van der Waals surface area (Å²) in [5, 5.41) is 0. The second kappa shape index (κ2) is 3.79. The van der Waals surface area contributed by atoms with Crippen molar-refractivity contribution in [2.45, 2.75) is 12.1 Å². The molecule has 1 aliphatic rings. The first-order valence-electron chi connectivity index (χ1n) is 4.43. The highest BCUT2D eigenvalue weighted by Gasteiger charge is 2.32. The predicted molar refractivity (Wildman–Crippen MR) is 52.7 cm³/mol. The molecule has 1 aromatic rings. The molecule has 1 heterocycles. The van der Waals surface area contributed by atoms with Crippen LogP contribution in [0, 0.1) is 0 Å². The molecule has 0 spiro atoms. The summed E-state index contributed by atoms with van der Waals surface area (Å²) < 4.78 is 43.0. The van der Waals surface area contributed by atoms with Crippen LogP contribution in [0.4, 0.5) is 13.2 Å². The molecule has 2 rings (SSSR count). The molecule has 15 heavy (non-hydrogen) atoms. The maximum absolute atomic E-state index is 12.4. The number of hydrogen-bond acceptors (Lipinski definition) is 1. The Balaban J connectivity index is 2.36. The van der Waals surface area contributed by atoms with Gasteiger partial charge < -0.3 is 4.74 Å². The highest BCUT2D eigenvalue weighted by atomic mass is 79.9. The number of ether oxygens (including phenoxy) is 1. The lowest BCUT2D eigenvalue weighted by Gasteiger charge is -2.27. The Morgan fingerprint density at radius 2 is 1.93 bits per heavy atom. The highest BCUT2D eigenvalue weighted by molar-refractivity contribution is 9.10. The third-order valence-corrected chi connectivity index (χ3v) is 3.12. The Morgan fingerprint density at radius 3 is 2.40 bits per heavy atom. The van der Waals surface area contributed by atoms with E-state index in [0.717, 1.165) is 6.07 Å². The van der Waals surface area contributed by atoms with Crippen LogP contribution in [-0.2, 0) is 10.9 Å². The summed E-state index contributed by atoms with van der Waals surface area (Å²) in [5.41, 5.74) is 0.0728. The Hall–Kier alpha value is -0.550. The van der Waals surface area contributed by atoms with Gasteiger partial charge in [0, 0.05) is 10.4 Å². The fourth-order valence-electron chi connectivity index (χ4n) is 1.45. The monoisotopic (exact) mass is 280 g/mol. The average molecular weight is 281 g/mol. The van der Waals surface area contributed by atoms with Gasteiger partial charge in [0.15, 0.2) is 0 Å². The lowest BCUT2D eigenvalue weighted by Crippen LogP contribution is -2.25. The first kappa shape index (κ1) is 11.0. The molecular formula is C10H8BrF3O. The van der Waals surface area contributed by atoms with E-state index in [9.17, 15) is 13.2 Å². The van der Waals surface area contributed by atoms with E-state index in [0.29, 0.717) is 23.2 Å². The van der Waals surface area contributed by atoms with Crippen LogP contribution in [0.15, 0.2) is 22.7 Å². The predicted octanol–water partition coefficient (Wildman–Crippen LogP) is 3.58. The highest BCUT2D eigenvalue weighted by Crippen LogP contribution is 2.36. The van der Waals surface area contributed by atoms with Crippen molar-refractivity contribution in [2.24, 2.45) is 0 Å². The van der Waals surface area contributed by atoms with Gasteiger partial charge in [-0.15, -0.1) is 0 Å². The van der Waals surface area contributed by atoms with Crippen LogP contribution in [-0.4, -0.2) is 13.2 Å². The van der Waals surface area contributed by atoms with Crippen LogP contribution in [0.25, 0.3) is 0 Å². The van der Waals surface area contributed by atoms with E-state index >= 15 is 0 Å². The largest absolute Gasteiger partial charge is 0.416 e. The van der Waals surface area contributed by atoms with Crippen LogP contribution in [0.1, 0.15) is 17.0 Å². The van der Waals surface area contributed by atoms with Crippen LogP contribution in [0.2, 0.25) is 0 Å². The lowest BCUT2D eigenvalue weighted by atomic mass is 9.96. The summed E-state index contributed by atoms with van der Waals surface area (Å²) in [4.78, 5) is 0. The molecule has 1 fully saturated rings. The number of alkyl halides is 3. The standard InChI is InChI=1S/C10H8BrF3O/c11-9-2-1-7(10(12,13)14)3-8(9)6-4-15-5-6/h1-3,6H,4-5H2. The zero-order valence-electron chi connectivity index (χ0n) is 7.64. The van der Waals surface area contributed by atoms with Gasteiger partial charge >= 0.3 is 6.18 Å². The summed E-state index contributed by atoms with van der Waals surface area (Å²) in [7, 11) is 0. The van der Waals surface area contributed by atoms with Crippen LogP contribution in [0.3, 0.4) is 0 Å². The molecule has 0 aromatic heterocycles. The fraction of sp³-hybridized carbons (Fsp3) is 0.400. The van der Waals surface area contributed by atoms with Crippen molar-refractivity contribution in [1.82, 2.24) is 0 Å². The number of rotatable bonds is 1. The van der Waals surface area contributed by atoms with Gasteiger partial charge in [-0.05, 0) is 23.8 Å². The Bertz CT molecular complexity index is 371. The zero-order chi connectivity index (χ0) is 11.1. The molecule has 0 amide bonds. The second-order valence-corrected chi connectivity index (χ2v) is 4.32. The van der Waals surface area contributed by atoms with Crippen LogP contribution < -0.4 is 0 Å². The summed E-state index contributed by atoms with van der Waals surface area (Å²) in [6.45, 7) is 1.000. The molecule has 0 N–H and O–H groups in total. The van der Waals surface area contributed by atoms with E-state index in [4.69, 9.17) is 4.74 Å². The van der Waals surface area contributed by atoms with Crippen molar-refractivity contribution < 1.29 is 17.9 Å². The van der Waals surface area contributed by atoms with Crippen LogP contribution >= 0.6 is 15.9 Å². The molecule has 5 heteroatoms. The molecule has 0 aliphatic carbocycles. The first-order valence-corrected chi connectivity index (χ1v) is 5.22. The topological polar surface area (TPSA) is 9.23 Å². The third-order valence-electron chi connectivity index (χ3n) is 2.40. The van der Waals surface area contributed by atoms with E-state index in [1.165, 1.54) is 12.1 Å². The van der Waals surface area contributed by atoms with E-state index in [-0.39, 0.29) is 5.92 Å². The molecule has 1 saturated heterocycles. The van der Waals surface area contributed by atoms with Crippen molar-refractivity contribution in [2.75, 3.05) is 13.2 Å². The molecule has 1 aromatic carbocycles. The number of halogens is 4. The summed E-state index contributed by atoms with van der Waals surface area (Å²) >= 11 is 3.25. The first-order chi connectivity index (χ1) is 6.98. The van der Waals surface area contributed by atoms with Crippen molar-refractivity contribution in [1.29, 1.82) is 0 Å². The van der Waals surface area contributed by atoms with Gasteiger partial charge in [0.2, 0.25) is 0 Å². The molecule has 0 unspecified atom stereocenters. The minimum absolute atomic E-state index is 0.0849. The summed E-state index contributed by atoms with van der Waals surface area (Å²) in [6.07, 6.45) is -4.28. The second-order valence-electron chi connectivity index (χ2n) is 3.47. The minimum Gasteiger partial charge on any atom is -0.380 e. The lowest BCUT2D eigenvalue weighted by molar-refractivity contribution is -0.137. The van der Waals surface area contributed by atoms with Crippen molar-refractivity contribution >= 4 is 15.9 Å². The van der Waals surface area contributed by atoms with E-state index in [1.54, 1.807) is 0 Å². The maximum atomic E-state index is 12.4. The molecule has 0 saturated carbocycles. The Morgan fingerprint density at radius 1 is 1.27 bits per heavy atom. The van der Waals surface area contributed by atoms with Gasteiger partial charge in [0.05, 0.1) is 18.8 Å². The average Bonchev–Trinajstić information content (AvgIpc) is 2.03. The molecule has 0 radical (unpaired) electrons. The molecule has 1 nitrogen and oxygen atoms in total. The van der Waals surface area contributed by atoms with Gasteiger partial charge in [-0.3, -0.25) is 0 Å². The van der Waals surface area contributed by atoms with Gasteiger partial charge in [-0.25, -0.2) is 0 Å². The molecule has 1 aliphatic heterocycles.